The van der Waals surface area contributed by atoms with Crippen molar-refractivity contribution in [1.82, 2.24) is 25.1 Å². The lowest BCUT2D eigenvalue weighted by atomic mass is 10.1. The highest BCUT2D eigenvalue weighted by atomic mass is 16.1. The molecule has 0 bridgehead atoms. The Morgan fingerprint density at radius 3 is 2.29 bits per heavy atom. The first-order chi connectivity index (χ1) is 15.3. The van der Waals surface area contributed by atoms with Crippen molar-refractivity contribution in [2.45, 2.75) is 6.54 Å². The first kappa shape index (κ1) is 18.7. The van der Waals surface area contributed by atoms with Gasteiger partial charge in [-0.05, 0) is 24.3 Å². The van der Waals surface area contributed by atoms with Crippen molar-refractivity contribution in [2.75, 3.05) is 0 Å². The van der Waals surface area contributed by atoms with E-state index < -0.39 is 0 Å². The summed E-state index contributed by atoms with van der Waals surface area (Å²) < 4.78 is 1.83. The maximum atomic E-state index is 12.7. The SMILES string of the molecule is O=C(NCc1cn(-c2ccccc2)nc1-c1ccccc1)c1cnc2ccccc2n1. The van der Waals surface area contributed by atoms with Gasteiger partial charge in [-0.15, -0.1) is 0 Å². The molecule has 0 radical (unpaired) electrons. The van der Waals surface area contributed by atoms with Crippen LogP contribution in [-0.2, 0) is 6.54 Å². The summed E-state index contributed by atoms with van der Waals surface area (Å²) in [5.41, 5.74) is 5.43. The van der Waals surface area contributed by atoms with Gasteiger partial charge in [0.05, 0.1) is 28.6 Å². The first-order valence-corrected chi connectivity index (χ1v) is 9.97. The van der Waals surface area contributed by atoms with E-state index in [0.29, 0.717) is 12.1 Å². The molecule has 0 unspecified atom stereocenters. The second-order valence-corrected chi connectivity index (χ2v) is 7.08. The van der Waals surface area contributed by atoms with E-state index in [0.717, 1.165) is 28.0 Å². The van der Waals surface area contributed by atoms with Crippen molar-refractivity contribution in [3.8, 4) is 16.9 Å². The predicted octanol–water partition coefficient (Wildman–Crippen LogP) is 4.41. The van der Waals surface area contributed by atoms with Crippen LogP contribution in [0.15, 0.2) is 97.3 Å². The number of rotatable bonds is 5. The zero-order chi connectivity index (χ0) is 21.0. The summed E-state index contributed by atoms with van der Waals surface area (Å²) in [6, 6.07) is 27.3. The Kier molecular flexibility index (Phi) is 4.94. The molecule has 0 saturated carbocycles. The van der Waals surface area contributed by atoms with Crippen LogP contribution in [0.2, 0.25) is 0 Å². The van der Waals surface area contributed by atoms with Gasteiger partial charge in [-0.25, -0.2) is 9.67 Å². The van der Waals surface area contributed by atoms with Crippen molar-refractivity contribution in [2.24, 2.45) is 0 Å². The molecule has 0 spiro atoms. The maximum Gasteiger partial charge on any atom is 0.271 e. The molecule has 0 aliphatic rings. The number of hydrogen-bond acceptors (Lipinski definition) is 4. The number of carbonyl (C=O) groups is 1. The van der Waals surface area contributed by atoms with Crippen molar-refractivity contribution in [1.29, 1.82) is 0 Å². The minimum atomic E-state index is -0.273. The van der Waals surface area contributed by atoms with Crippen molar-refractivity contribution in [3.05, 3.63) is 109 Å². The smallest absolute Gasteiger partial charge is 0.271 e. The summed E-state index contributed by atoms with van der Waals surface area (Å²) in [7, 11) is 0. The minimum Gasteiger partial charge on any atom is -0.346 e. The molecular formula is C25H19N5O. The number of nitrogens with one attached hydrogen (secondary N) is 1. The van der Waals surface area contributed by atoms with Gasteiger partial charge >= 0.3 is 0 Å². The zero-order valence-corrected chi connectivity index (χ0v) is 16.6. The summed E-state index contributed by atoms with van der Waals surface area (Å²) in [6.07, 6.45) is 3.45. The Morgan fingerprint density at radius 1 is 0.839 bits per heavy atom. The van der Waals surface area contributed by atoms with Gasteiger partial charge in [0.15, 0.2) is 0 Å². The number of fused-ring (bicyclic) bond motifs is 1. The average Bonchev–Trinajstić information content (AvgIpc) is 3.28. The average molecular weight is 405 g/mol. The number of amides is 1. The molecule has 0 atom stereocenters. The van der Waals surface area contributed by atoms with Crippen molar-refractivity contribution in [3.63, 3.8) is 0 Å². The first-order valence-electron chi connectivity index (χ1n) is 9.97. The van der Waals surface area contributed by atoms with E-state index in [2.05, 4.69) is 15.3 Å². The third-order valence-electron chi connectivity index (χ3n) is 4.98. The summed E-state index contributed by atoms with van der Waals surface area (Å²) >= 11 is 0. The Labute approximate surface area is 179 Å². The second-order valence-electron chi connectivity index (χ2n) is 7.08. The van der Waals surface area contributed by atoms with Crippen LogP contribution in [0.3, 0.4) is 0 Å². The fourth-order valence-corrected chi connectivity index (χ4v) is 3.42. The van der Waals surface area contributed by atoms with Gasteiger partial charge in [0, 0.05) is 23.9 Å². The van der Waals surface area contributed by atoms with E-state index in [1.807, 2.05) is 95.8 Å². The molecule has 5 rings (SSSR count). The molecule has 0 aliphatic carbocycles. The van der Waals surface area contributed by atoms with E-state index in [-0.39, 0.29) is 11.6 Å². The summed E-state index contributed by atoms with van der Waals surface area (Å²) in [6.45, 7) is 0.324. The summed E-state index contributed by atoms with van der Waals surface area (Å²) in [5, 5.41) is 7.74. The number of para-hydroxylation sites is 3. The number of nitrogens with zero attached hydrogens (tertiary/aromatic N) is 4. The molecule has 1 N–H and O–H groups in total. The molecule has 0 aliphatic heterocycles. The van der Waals surface area contributed by atoms with Crippen LogP contribution in [0.5, 0.6) is 0 Å². The van der Waals surface area contributed by atoms with Crippen LogP contribution >= 0.6 is 0 Å². The van der Waals surface area contributed by atoms with Gasteiger partial charge in [-0.2, -0.15) is 5.10 Å². The van der Waals surface area contributed by atoms with Gasteiger partial charge in [0.25, 0.3) is 5.91 Å². The topological polar surface area (TPSA) is 72.7 Å². The van der Waals surface area contributed by atoms with Crippen LogP contribution in [0.25, 0.3) is 28.0 Å². The van der Waals surface area contributed by atoms with Crippen LogP contribution in [0.4, 0.5) is 0 Å². The molecule has 31 heavy (non-hydrogen) atoms. The van der Waals surface area contributed by atoms with Crippen LogP contribution in [0.1, 0.15) is 16.1 Å². The van der Waals surface area contributed by atoms with Crippen molar-refractivity contribution >= 4 is 16.9 Å². The van der Waals surface area contributed by atoms with E-state index in [1.54, 1.807) is 0 Å². The Hall–Kier alpha value is -4.32. The lowest BCUT2D eigenvalue weighted by Gasteiger charge is -2.06. The molecule has 2 aromatic heterocycles. The van der Waals surface area contributed by atoms with Gasteiger partial charge in [-0.3, -0.25) is 9.78 Å². The molecular weight excluding hydrogens is 386 g/mol. The number of carbonyl (C=O) groups excluding carboxylic acids is 1. The molecule has 6 heteroatoms. The molecule has 5 aromatic rings. The second kappa shape index (κ2) is 8.20. The molecule has 0 fully saturated rings. The highest BCUT2D eigenvalue weighted by Gasteiger charge is 2.15. The molecule has 3 aromatic carbocycles. The van der Waals surface area contributed by atoms with Gasteiger partial charge in [-0.1, -0.05) is 60.7 Å². The Morgan fingerprint density at radius 2 is 1.52 bits per heavy atom. The normalized spacial score (nSPS) is 10.8. The number of aromatic nitrogens is 4. The predicted molar refractivity (Wildman–Crippen MR) is 120 cm³/mol. The minimum absolute atomic E-state index is 0.273. The highest BCUT2D eigenvalue weighted by molar-refractivity contribution is 5.93. The number of hydrogen-bond donors (Lipinski definition) is 1. The lowest BCUT2D eigenvalue weighted by molar-refractivity contribution is 0.0946. The monoisotopic (exact) mass is 405 g/mol. The standard InChI is InChI=1S/C25H19N5O/c31-25(23-16-26-21-13-7-8-14-22(21)28-23)27-15-19-17-30(20-11-5-2-6-12-20)29-24(19)18-9-3-1-4-10-18/h1-14,16-17H,15H2,(H,27,31). The number of benzene rings is 3. The van der Waals surface area contributed by atoms with Crippen LogP contribution in [0, 0.1) is 0 Å². The zero-order valence-electron chi connectivity index (χ0n) is 16.6. The highest BCUT2D eigenvalue weighted by Crippen LogP contribution is 2.23. The van der Waals surface area contributed by atoms with Crippen molar-refractivity contribution < 1.29 is 4.79 Å². The van der Waals surface area contributed by atoms with Crippen LogP contribution < -0.4 is 5.32 Å². The molecule has 1 amide bonds. The Balaban J connectivity index is 1.43. The maximum absolute atomic E-state index is 12.7. The largest absolute Gasteiger partial charge is 0.346 e. The van der Waals surface area contributed by atoms with Gasteiger partial charge in [0.1, 0.15) is 5.69 Å². The Bertz CT molecular complexity index is 1350. The molecule has 0 saturated heterocycles. The van der Waals surface area contributed by atoms with E-state index in [1.165, 1.54) is 6.20 Å². The van der Waals surface area contributed by atoms with Gasteiger partial charge < -0.3 is 5.32 Å². The summed E-state index contributed by atoms with van der Waals surface area (Å²) in [5.74, 6) is -0.273. The fraction of sp³-hybridized carbons (Fsp3) is 0.0400. The molecule has 150 valence electrons. The molecule has 6 nitrogen and oxygen atoms in total. The van der Waals surface area contributed by atoms with Gasteiger partial charge in [0.2, 0.25) is 0 Å². The fourth-order valence-electron chi connectivity index (χ4n) is 3.42. The lowest BCUT2D eigenvalue weighted by Crippen LogP contribution is -2.24. The quantitative estimate of drug-likeness (QED) is 0.470. The summed E-state index contributed by atoms with van der Waals surface area (Å²) in [4.78, 5) is 21.5. The van der Waals surface area contributed by atoms with E-state index in [4.69, 9.17) is 5.10 Å². The third kappa shape index (κ3) is 3.91. The van der Waals surface area contributed by atoms with Crippen LogP contribution in [-0.4, -0.2) is 25.7 Å². The third-order valence-corrected chi connectivity index (χ3v) is 4.98. The molecule has 2 heterocycles. The van der Waals surface area contributed by atoms with E-state index >= 15 is 0 Å². The van der Waals surface area contributed by atoms with E-state index in [9.17, 15) is 4.79 Å².